The van der Waals surface area contributed by atoms with Gasteiger partial charge in [-0.15, -0.1) is 6.58 Å². The number of esters is 1. The smallest absolute Gasteiger partial charge is 0.325 e. The molecule has 0 bridgehead atoms. The van der Waals surface area contributed by atoms with Crippen molar-refractivity contribution in [1.29, 1.82) is 0 Å². The van der Waals surface area contributed by atoms with E-state index in [0.717, 1.165) is 46.5 Å². The van der Waals surface area contributed by atoms with Gasteiger partial charge in [-0.2, -0.15) is 0 Å². The van der Waals surface area contributed by atoms with Gasteiger partial charge in [0, 0.05) is 37.2 Å². The molecule has 48 heavy (non-hydrogen) atoms. The van der Waals surface area contributed by atoms with Gasteiger partial charge < -0.3 is 30.0 Å². The van der Waals surface area contributed by atoms with Crippen LogP contribution in [-0.4, -0.2) is 60.4 Å². The van der Waals surface area contributed by atoms with E-state index < -0.39 is 18.3 Å². The van der Waals surface area contributed by atoms with Crippen molar-refractivity contribution in [1.82, 2.24) is 15.5 Å². The summed E-state index contributed by atoms with van der Waals surface area (Å²) in [6, 6.07) is 24.3. The van der Waals surface area contributed by atoms with E-state index in [0.29, 0.717) is 12.6 Å². The summed E-state index contributed by atoms with van der Waals surface area (Å²) in [5.74, 6) is -0.383. The number of rotatable bonds is 14. The van der Waals surface area contributed by atoms with Gasteiger partial charge in [-0.05, 0) is 59.7 Å². The molecule has 9 nitrogen and oxygen atoms in total. The van der Waals surface area contributed by atoms with Crippen LogP contribution in [0.4, 0.5) is 4.79 Å². The third kappa shape index (κ3) is 9.32. The van der Waals surface area contributed by atoms with Crippen molar-refractivity contribution in [2.45, 2.75) is 77.2 Å². The lowest BCUT2D eigenvalue weighted by molar-refractivity contribution is -0.276. The van der Waals surface area contributed by atoms with Crippen molar-refractivity contribution >= 4 is 12.0 Å². The van der Waals surface area contributed by atoms with E-state index in [4.69, 9.17) is 14.2 Å². The number of carbonyl (C=O) groups excluding carboxylic acids is 2. The van der Waals surface area contributed by atoms with Gasteiger partial charge in [0.1, 0.15) is 6.54 Å². The third-order valence-electron chi connectivity index (χ3n) is 9.31. The third-order valence-corrected chi connectivity index (χ3v) is 9.31. The fraction of sp³-hybridized carbons (Fsp3) is 0.436. The number of aliphatic hydroxyl groups excluding tert-OH is 1. The quantitative estimate of drug-likeness (QED) is 0.136. The largest absolute Gasteiger partial charge is 0.465 e. The van der Waals surface area contributed by atoms with Crippen LogP contribution in [0.5, 0.6) is 0 Å². The predicted octanol–water partition coefficient (Wildman–Crippen LogP) is 6.43. The number of carbonyl (C=O) groups is 2. The van der Waals surface area contributed by atoms with E-state index in [2.05, 4.69) is 53.3 Å². The first-order valence-corrected chi connectivity index (χ1v) is 17.1. The number of nitrogens with zero attached hydrogens (tertiary/aromatic N) is 1. The molecule has 1 heterocycles. The summed E-state index contributed by atoms with van der Waals surface area (Å²) in [5.41, 5.74) is 5.79. The number of urea groups is 1. The van der Waals surface area contributed by atoms with E-state index in [1.807, 2.05) is 54.6 Å². The number of benzene rings is 3. The molecule has 1 aliphatic carbocycles. The summed E-state index contributed by atoms with van der Waals surface area (Å²) >= 11 is 0. The Morgan fingerprint density at radius 3 is 2.40 bits per heavy atom. The van der Waals surface area contributed by atoms with Gasteiger partial charge >= 0.3 is 12.0 Å². The number of aliphatic hydroxyl groups is 1. The SMILES string of the molecule is C=CCN(C[C@@H]1O[C@H](c2cccc(-c3cccc(CNC(=O)NCC(=O)OCC)c3)c2)O[C@H](c2ccc(CO)cc2)[C@@H]1C)C1CCCC1. The number of amides is 2. The molecular formula is C39H49N3O6. The van der Waals surface area contributed by atoms with Crippen LogP contribution in [0.15, 0.2) is 85.5 Å². The molecule has 0 aromatic heterocycles. The Hall–Kier alpha value is -4.02. The summed E-state index contributed by atoms with van der Waals surface area (Å²) in [5, 5.41) is 14.9. The zero-order chi connectivity index (χ0) is 33.9. The van der Waals surface area contributed by atoms with Crippen molar-refractivity contribution in [3.63, 3.8) is 0 Å². The lowest BCUT2D eigenvalue weighted by atomic mass is 9.89. The zero-order valence-corrected chi connectivity index (χ0v) is 28.1. The van der Waals surface area contributed by atoms with Gasteiger partial charge in [-0.3, -0.25) is 9.69 Å². The molecule has 3 aromatic rings. The highest BCUT2D eigenvalue weighted by molar-refractivity contribution is 5.80. The minimum atomic E-state index is -0.573. The molecule has 5 rings (SSSR count). The van der Waals surface area contributed by atoms with Crippen molar-refractivity contribution in [3.05, 3.63) is 108 Å². The molecular weight excluding hydrogens is 606 g/mol. The molecule has 1 aliphatic heterocycles. The van der Waals surface area contributed by atoms with Crippen molar-refractivity contribution in [3.8, 4) is 11.1 Å². The maximum Gasteiger partial charge on any atom is 0.325 e. The minimum absolute atomic E-state index is 0.000353. The second-order valence-corrected chi connectivity index (χ2v) is 12.7. The lowest BCUT2D eigenvalue weighted by Gasteiger charge is -2.43. The van der Waals surface area contributed by atoms with E-state index in [9.17, 15) is 14.7 Å². The average Bonchev–Trinajstić information content (AvgIpc) is 3.66. The Morgan fingerprint density at radius 2 is 1.69 bits per heavy atom. The number of hydrogen-bond donors (Lipinski definition) is 3. The fourth-order valence-corrected chi connectivity index (χ4v) is 6.70. The normalized spacial score (nSPS) is 21.2. The summed E-state index contributed by atoms with van der Waals surface area (Å²) in [6.07, 6.45) is 6.09. The second kappa shape index (κ2) is 17.4. The highest BCUT2D eigenvalue weighted by Crippen LogP contribution is 2.43. The van der Waals surface area contributed by atoms with Gasteiger partial charge in [0.05, 0.1) is 25.4 Å². The zero-order valence-electron chi connectivity index (χ0n) is 28.1. The van der Waals surface area contributed by atoms with E-state index in [1.165, 1.54) is 25.7 Å². The van der Waals surface area contributed by atoms with Crippen molar-refractivity contribution in [2.24, 2.45) is 5.92 Å². The molecule has 9 heteroatoms. The van der Waals surface area contributed by atoms with Gasteiger partial charge in [-0.1, -0.05) is 86.5 Å². The highest BCUT2D eigenvalue weighted by atomic mass is 16.7. The summed E-state index contributed by atoms with van der Waals surface area (Å²) < 4.78 is 18.4. The Balaban J connectivity index is 1.34. The molecule has 1 saturated heterocycles. The van der Waals surface area contributed by atoms with Gasteiger partial charge in [-0.25, -0.2) is 4.79 Å². The van der Waals surface area contributed by atoms with E-state index in [1.54, 1.807) is 6.92 Å². The minimum Gasteiger partial charge on any atom is -0.465 e. The van der Waals surface area contributed by atoms with E-state index in [-0.39, 0.29) is 37.9 Å². The molecule has 2 fully saturated rings. The van der Waals surface area contributed by atoms with Crippen LogP contribution < -0.4 is 10.6 Å². The van der Waals surface area contributed by atoms with Crippen LogP contribution in [0.1, 0.15) is 74.2 Å². The fourth-order valence-electron chi connectivity index (χ4n) is 6.70. The molecule has 0 radical (unpaired) electrons. The topological polar surface area (TPSA) is 109 Å². The van der Waals surface area contributed by atoms with Gasteiger partial charge in [0.15, 0.2) is 6.29 Å². The second-order valence-electron chi connectivity index (χ2n) is 12.7. The first-order valence-electron chi connectivity index (χ1n) is 17.1. The van der Waals surface area contributed by atoms with Crippen LogP contribution in [0, 0.1) is 5.92 Å². The maximum atomic E-state index is 12.2. The highest BCUT2D eigenvalue weighted by Gasteiger charge is 2.40. The molecule has 2 aliphatic rings. The van der Waals surface area contributed by atoms with Crippen LogP contribution in [-0.2, 0) is 32.2 Å². The lowest BCUT2D eigenvalue weighted by Crippen LogP contribution is -2.47. The standard InChI is InChI=1S/C39H49N3O6/c1-4-20-42(34-14-6-7-15-34)25-35-27(3)37(30-18-16-28(26-43)17-19-30)48-38(47-35)33-13-9-12-32(22-33)31-11-8-10-29(21-31)23-40-39(45)41-24-36(44)46-5-2/h4,8-13,16-19,21-22,27,34-35,37-38,43H,1,5-7,14-15,20,23-26H2,2-3H3,(H2,40,41,45)/t27-,35+,37+,38+/m1/s1. The number of ether oxygens (including phenoxy) is 3. The predicted molar refractivity (Wildman–Crippen MR) is 186 cm³/mol. The summed E-state index contributed by atoms with van der Waals surface area (Å²) in [6.45, 7) is 9.98. The molecule has 4 atom stereocenters. The molecule has 1 saturated carbocycles. The van der Waals surface area contributed by atoms with Crippen LogP contribution >= 0.6 is 0 Å². The Morgan fingerprint density at radius 1 is 0.958 bits per heavy atom. The molecule has 256 valence electrons. The van der Waals surface area contributed by atoms with Crippen molar-refractivity contribution in [2.75, 3.05) is 26.2 Å². The van der Waals surface area contributed by atoms with Gasteiger partial charge in [0.25, 0.3) is 0 Å². The first-order chi connectivity index (χ1) is 23.4. The number of hydrogen-bond acceptors (Lipinski definition) is 7. The van der Waals surface area contributed by atoms with Crippen molar-refractivity contribution < 1.29 is 28.9 Å². The monoisotopic (exact) mass is 655 g/mol. The Labute approximate surface area is 284 Å². The molecule has 3 aromatic carbocycles. The average molecular weight is 656 g/mol. The summed E-state index contributed by atoms with van der Waals surface area (Å²) in [7, 11) is 0. The first kappa shape index (κ1) is 35.3. The van der Waals surface area contributed by atoms with Crippen LogP contribution in [0.3, 0.4) is 0 Å². The Bertz CT molecular complexity index is 1510. The van der Waals surface area contributed by atoms with Crippen LogP contribution in [0.2, 0.25) is 0 Å². The maximum absolute atomic E-state index is 12.2. The van der Waals surface area contributed by atoms with Crippen LogP contribution in [0.25, 0.3) is 11.1 Å². The molecule has 0 spiro atoms. The Kier molecular flexibility index (Phi) is 12.8. The number of nitrogens with one attached hydrogen (secondary N) is 2. The van der Waals surface area contributed by atoms with E-state index >= 15 is 0 Å². The molecule has 3 N–H and O–H groups in total. The molecule has 0 unspecified atom stereocenters. The van der Waals surface area contributed by atoms with Gasteiger partial charge in [0.2, 0.25) is 0 Å². The summed E-state index contributed by atoms with van der Waals surface area (Å²) in [4.78, 5) is 26.3. The molecule has 2 amide bonds.